The van der Waals surface area contributed by atoms with Crippen LogP contribution in [0.3, 0.4) is 0 Å². The van der Waals surface area contributed by atoms with Gasteiger partial charge in [0, 0.05) is 17.6 Å². The molecule has 26 heavy (non-hydrogen) atoms. The predicted octanol–water partition coefficient (Wildman–Crippen LogP) is 3.21. The molecule has 0 saturated heterocycles. The maximum atomic E-state index is 11.3. The lowest BCUT2D eigenvalue weighted by atomic mass is 10.0. The van der Waals surface area contributed by atoms with E-state index in [-0.39, 0.29) is 29.8 Å². The first kappa shape index (κ1) is 22.3. The molecule has 0 heterocycles. The molecule has 0 aliphatic heterocycles. The van der Waals surface area contributed by atoms with Crippen LogP contribution in [0.4, 0.5) is 0 Å². The minimum atomic E-state index is -0.795. The largest absolute Gasteiger partial charge is 0.507 e. The number of aromatic hydroxyl groups is 1. The van der Waals surface area contributed by atoms with Crippen molar-refractivity contribution in [2.24, 2.45) is 5.73 Å². The molecule has 5 nitrogen and oxygen atoms in total. The number of halogens is 2. The van der Waals surface area contributed by atoms with Crippen LogP contribution < -0.4 is 11.1 Å². The van der Waals surface area contributed by atoms with Gasteiger partial charge in [0.1, 0.15) is 5.75 Å². The lowest BCUT2D eigenvalue weighted by molar-refractivity contribution is 0.0997. The Hall–Kier alpha value is -1.79. The van der Waals surface area contributed by atoms with Crippen molar-refractivity contribution in [3.05, 3.63) is 64.2 Å². The van der Waals surface area contributed by atoms with Gasteiger partial charge in [0.15, 0.2) is 0 Å². The lowest BCUT2D eigenvalue weighted by Crippen LogP contribution is -2.31. The van der Waals surface area contributed by atoms with Crippen LogP contribution in [0, 0.1) is 0 Å². The van der Waals surface area contributed by atoms with Gasteiger partial charge in [-0.25, -0.2) is 0 Å². The zero-order valence-corrected chi connectivity index (χ0v) is 16.1. The Balaban J connectivity index is 0.00000338. The van der Waals surface area contributed by atoms with Crippen molar-refractivity contribution < 1.29 is 15.0 Å². The average Bonchev–Trinajstić information content (AvgIpc) is 2.59. The molecule has 2 atom stereocenters. The van der Waals surface area contributed by atoms with Gasteiger partial charge < -0.3 is 21.3 Å². The molecule has 142 valence electrons. The molecule has 0 spiro atoms. The predicted molar refractivity (Wildman–Crippen MR) is 106 cm³/mol. The number of hydrogen-bond acceptors (Lipinski definition) is 4. The van der Waals surface area contributed by atoms with Crippen LogP contribution in [0.5, 0.6) is 5.75 Å². The summed E-state index contributed by atoms with van der Waals surface area (Å²) in [5, 5.41) is 23.9. The van der Waals surface area contributed by atoms with Gasteiger partial charge in [-0.15, -0.1) is 12.4 Å². The summed E-state index contributed by atoms with van der Waals surface area (Å²) in [6, 6.07) is 12.3. The van der Waals surface area contributed by atoms with Crippen molar-refractivity contribution in [2.45, 2.75) is 31.9 Å². The highest BCUT2D eigenvalue weighted by atomic mass is 35.5. The van der Waals surface area contributed by atoms with Crippen LogP contribution in [-0.2, 0) is 6.42 Å². The summed E-state index contributed by atoms with van der Waals surface area (Å²) in [7, 11) is 0. The van der Waals surface area contributed by atoms with Crippen molar-refractivity contribution in [1.29, 1.82) is 0 Å². The number of rotatable bonds is 8. The highest BCUT2D eigenvalue weighted by Crippen LogP contribution is 2.22. The van der Waals surface area contributed by atoms with E-state index >= 15 is 0 Å². The van der Waals surface area contributed by atoms with Crippen LogP contribution in [0.2, 0.25) is 5.02 Å². The Labute approximate surface area is 164 Å². The van der Waals surface area contributed by atoms with Crippen LogP contribution in [0.15, 0.2) is 42.5 Å². The maximum absolute atomic E-state index is 11.3. The summed E-state index contributed by atoms with van der Waals surface area (Å²) in [6.07, 6.45) is 1.03. The van der Waals surface area contributed by atoms with E-state index in [0.717, 1.165) is 17.9 Å². The second kappa shape index (κ2) is 10.4. The van der Waals surface area contributed by atoms with E-state index in [0.29, 0.717) is 12.1 Å². The molecule has 5 N–H and O–H groups in total. The Kier molecular flexibility index (Phi) is 8.88. The van der Waals surface area contributed by atoms with E-state index in [1.165, 1.54) is 17.7 Å². The topological polar surface area (TPSA) is 95.6 Å². The van der Waals surface area contributed by atoms with E-state index in [9.17, 15) is 15.0 Å². The first-order chi connectivity index (χ1) is 11.9. The molecular weight excluding hydrogens is 375 g/mol. The minimum Gasteiger partial charge on any atom is -0.507 e. The Morgan fingerprint density at radius 1 is 1.23 bits per heavy atom. The van der Waals surface area contributed by atoms with Gasteiger partial charge in [-0.05, 0) is 55.2 Å². The summed E-state index contributed by atoms with van der Waals surface area (Å²) < 4.78 is 0. The van der Waals surface area contributed by atoms with Crippen LogP contribution in [0.25, 0.3) is 0 Å². The summed E-state index contributed by atoms with van der Waals surface area (Å²) in [5.41, 5.74) is 6.96. The van der Waals surface area contributed by atoms with Gasteiger partial charge in [-0.1, -0.05) is 29.8 Å². The minimum absolute atomic E-state index is 0. The second-order valence-corrected chi connectivity index (χ2v) is 6.57. The molecule has 7 heteroatoms. The number of benzene rings is 2. The number of phenols is 1. The molecule has 1 amide bonds. The molecule has 0 bridgehead atoms. The van der Waals surface area contributed by atoms with Crippen molar-refractivity contribution in [1.82, 2.24) is 5.32 Å². The number of amides is 1. The molecular formula is C19H24Cl2N2O3. The standard InChI is InChI=1S/C19H23ClN2O3.ClH/c1-12(2-3-13-4-7-15(20)8-5-13)22-11-18(24)14-6-9-17(23)16(10-14)19(21)25;/h4-10,12,18,22-24H,2-3,11H2,1H3,(H2,21,25);1H. The SMILES string of the molecule is CC(CCc1ccc(Cl)cc1)NCC(O)c1ccc(O)c(C(N)=O)c1.Cl. The lowest BCUT2D eigenvalue weighted by Gasteiger charge is -2.18. The fraction of sp³-hybridized carbons (Fsp3) is 0.316. The number of aryl methyl sites for hydroxylation is 1. The fourth-order valence-electron chi connectivity index (χ4n) is 2.53. The van der Waals surface area contributed by atoms with E-state index in [1.54, 1.807) is 6.07 Å². The quantitative estimate of drug-likeness (QED) is 0.548. The number of aliphatic hydroxyl groups excluding tert-OH is 1. The van der Waals surface area contributed by atoms with Gasteiger partial charge in [-0.3, -0.25) is 4.79 Å². The molecule has 2 aromatic carbocycles. The van der Waals surface area contributed by atoms with Crippen LogP contribution in [0.1, 0.15) is 40.9 Å². The number of carbonyl (C=O) groups excluding carboxylic acids is 1. The molecule has 2 aromatic rings. The van der Waals surface area contributed by atoms with Crippen molar-refractivity contribution in [3.63, 3.8) is 0 Å². The highest BCUT2D eigenvalue weighted by Gasteiger charge is 2.14. The maximum Gasteiger partial charge on any atom is 0.252 e. The molecule has 0 aliphatic carbocycles. The number of nitrogens with two attached hydrogens (primary N) is 1. The second-order valence-electron chi connectivity index (χ2n) is 6.13. The van der Waals surface area contributed by atoms with Crippen molar-refractivity contribution in [2.75, 3.05) is 6.54 Å². The smallest absolute Gasteiger partial charge is 0.252 e. The molecule has 0 aromatic heterocycles. The van der Waals surface area contributed by atoms with Gasteiger partial charge in [0.05, 0.1) is 11.7 Å². The monoisotopic (exact) mass is 398 g/mol. The number of nitrogens with one attached hydrogen (secondary N) is 1. The van der Waals surface area contributed by atoms with Crippen LogP contribution in [-0.4, -0.2) is 28.7 Å². The highest BCUT2D eigenvalue weighted by molar-refractivity contribution is 6.30. The Morgan fingerprint density at radius 3 is 2.50 bits per heavy atom. The summed E-state index contributed by atoms with van der Waals surface area (Å²) in [4.78, 5) is 11.3. The zero-order chi connectivity index (χ0) is 18.4. The third-order valence-corrected chi connectivity index (χ3v) is 4.36. The Bertz CT molecular complexity index is 723. The number of carbonyl (C=O) groups is 1. The molecule has 2 rings (SSSR count). The van der Waals surface area contributed by atoms with Gasteiger partial charge in [-0.2, -0.15) is 0 Å². The fourth-order valence-corrected chi connectivity index (χ4v) is 2.65. The van der Waals surface area contributed by atoms with Crippen molar-refractivity contribution in [3.8, 4) is 5.75 Å². The molecule has 0 fully saturated rings. The van der Waals surface area contributed by atoms with E-state index in [1.807, 2.05) is 31.2 Å². The molecule has 0 aliphatic rings. The van der Waals surface area contributed by atoms with Crippen LogP contribution >= 0.6 is 24.0 Å². The normalized spacial score (nSPS) is 12.9. The van der Waals surface area contributed by atoms with Gasteiger partial charge in [0.2, 0.25) is 0 Å². The summed E-state index contributed by atoms with van der Waals surface area (Å²) in [6.45, 7) is 2.39. The summed E-state index contributed by atoms with van der Waals surface area (Å²) in [5.74, 6) is -0.913. The number of aliphatic hydroxyl groups is 1. The Morgan fingerprint density at radius 2 is 1.88 bits per heavy atom. The van der Waals surface area contributed by atoms with Gasteiger partial charge in [0.25, 0.3) is 5.91 Å². The molecule has 0 saturated carbocycles. The van der Waals surface area contributed by atoms with Gasteiger partial charge >= 0.3 is 0 Å². The molecule has 2 unspecified atom stereocenters. The number of primary amides is 1. The number of hydrogen-bond donors (Lipinski definition) is 4. The van der Waals surface area contributed by atoms with E-state index < -0.39 is 12.0 Å². The average molecular weight is 399 g/mol. The third kappa shape index (κ3) is 6.50. The van der Waals surface area contributed by atoms with E-state index in [2.05, 4.69) is 5.32 Å². The first-order valence-corrected chi connectivity index (χ1v) is 8.53. The first-order valence-electron chi connectivity index (χ1n) is 8.15. The van der Waals surface area contributed by atoms with E-state index in [4.69, 9.17) is 17.3 Å². The third-order valence-electron chi connectivity index (χ3n) is 4.11. The zero-order valence-electron chi connectivity index (χ0n) is 14.5. The summed E-state index contributed by atoms with van der Waals surface area (Å²) >= 11 is 5.87. The molecule has 0 radical (unpaired) electrons. The van der Waals surface area contributed by atoms with Crippen molar-refractivity contribution >= 4 is 29.9 Å².